The molecular formula is C31H34N6O6S. The van der Waals surface area contributed by atoms with Crippen LogP contribution in [0.2, 0.25) is 0 Å². The highest BCUT2D eigenvalue weighted by molar-refractivity contribution is 7.99. The molecule has 12 nitrogen and oxygen atoms in total. The van der Waals surface area contributed by atoms with Gasteiger partial charge in [0.05, 0.1) is 25.9 Å². The number of urea groups is 1. The lowest BCUT2D eigenvalue weighted by molar-refractivity contribution is -0.245. The predicted octanol–water partition coefficient (Wildman–Crippen LogP) is 3.95. The quantitative estimate of drug-likeness (QED) is 0.167. The van der Waals surface area contributed by atoms with Crippen LogP contribution in [0.1, 0.15) is 41.1 Å². The number of anilines is 1. The molecule has 4 aromatic rings. The number of carbonyl (C=O) groups excluding carboxylic acids is 2. The Bertz CT molecular complexity index is 1520. The van der Waals surface area contributed by atoms with Gasteiger partial charge in [0.1, 0.15) is 6.04 Å². The Morgan fingerprint density at radius 2 is 1.75 bits per heavy atom. The Morgan fingerprint density at radius 3 is 2.41 bits per heavy atom. The fourth-order valence-corrected chi connectivity index (χ4v) is 5.64. The Kier molecular flexibility index (Phi) is 10.6. The molecule has 2 heterocycles. The first kappa shape index (κ1) is 31.1. The number of ether oxygens (including phenoxy) is 3. The lowest BCUT2D eigenvalue weighted by Gasteiger charge is -2.36. The number of hydrogen-bond donors (Lipinski definition) is 3. The van der Waals surface area contributed by atoms with Crippen molar-refractivity contribution in [3.05, 3.63) is 101 Å². The van der Waals surface area contributed by atoms with Crippen LogP contribution in [0.15, 0.2) is 84.0 Å². The number of benzene rings is 3. The van der Waals surface area contributed by atoms with Gasteiger partial charge < -0.3 is 30.0 Å². The third-order valence-corrected chi connectivity index (χ3v) is 8.25. The van der Waals surface area contributed by atoms with Crippen LogP contribution in [-0.4, -0.2) is 62.3 Å². The average Bonchev–Trinajstić information content (AvgIpc) is 3.48. The van der Waals surface area contributed by atoms with Crippen LogP contribution in [-0.2, 0) is 39.1 Å². The van der Waals surface area contributed by atoms with Gasteiger partial charge in [-0.1, -0.05) is 78.5 Å². The van der Waals surface area contributed by atoms with E-state index in [9.17, 15) is 14.7 Å². The molecule has 1 aliphatic heterocycles. The zero-order chi connectivity index (χ0) is 30.9. The van der Waals surface area contributed by atoms with E-state index in [1.807, 2.05) is 66.7 Å². The molecular weight excluding hydrogens is 584 g/mol. The van der Waals surface area contributed by atoms with Crippen LogP contribution in [0.4, 0.5) is 10.5 Å². The Hall–Kier alpha value is -4.30. The molecule has 3 N–H and O–H groups in total. The highest BCUT2D eigenvalue weighted by Crippen LogP contribution is 2.39. The fraction of sp³-hybridized carbons (Fsp3) is 0.323. The third-order valence-electron chi connectivity index (χ3n) is 7.11. The van der Waals surface area contributed by atoms with Crippen molar-refractivity contribution < 1.29 is 28.9 Å². The number of rotatable bonds is 11. The summed E-state index contributed by atoms with van der Waals surface area (Å²) in [5, 5.41) is 27.3. The number of methoxy groups -OCH3 is 1. The van der Waals surface area contributed by atoms with Gasteiger partial charge in [-0.25, -0.2) is 14.3 Å². The number of amides is 2. The minimum atomic E-state index is -0.846. The number of tetrazole rings is 1. The fourth-order valence-electron chi connectivity index (χ4n) is 4.77. The van der Waals surface area contributed by atoms with Gasteiger partial charge in [0.2, 0.25) is 5.16 Å². The number of aryl methyl sites for hydroxylation is 1. The van der Waals surface area contributed by atoms with E-state index < -0.39 is 24.3 Å². The summed E-state index contributed by atoms with van der Waals surface area (Å²) in [6.45, 7) is -0.0304. The van der Waals surface area contributed by atoms with Crippen LogP contribution in [0.25, 0.3) is 0 Å². The smallest absolute Gasteiger partial charge is 0.328 e. The zero-order valence-corrected chi connectivity index (χ0v) is 25.1. The Balaban J connectivity index is 1.25. The zero-order valence-electron chi connectivity index (χ0n) is 24.3. The molecule has 1 fully saturated rings. The van der Waals surface area contributed by atoms with Crippen LogP contribution in [0.3, 0.4) is 0 Å². The van der Waals surface area contributed by atoms with Crippen molar-refractivity contribution in [1.29, 1.82) is 0 Å². The van der Waals surface area contributed by atoms with E-state index in [1.54, 1.807) is 23.9 Å². The highest BCUT2D eigenvalue weighted by Gasteiger charge is 2.32. The van der Waals surface area contributed by atoms with Gasteiger partial charge in [0.15, 0.2) is 6.29 Å². The second kappa shape index (κ2) is 14.9. The third kappa shape index (κ3) is 8.20. The number of aromatic nitrogens is 4. The molecule has 0 bridgehead atoms. The van der Waals surface area contributed by atoms with Crippen molar-refractivity contribution in [3.63, 3.8) is 0 Å². The summed E-state index contributed by atoms with van der Waals surface area (Å²) in [6, 6.07) is 22.9. The molecule has 44 heavy (non-hydrogen) atoms. The van der Waals surface area contributed by atoms with Crippen molar-refractivity contribution >= 4 is 29.4 Å². The van der Waals surface area contributed by atoms with Gasteiger partial charge in [-0.3, -0.25) is 0 Å². The molecule has 1 aromatic heterocycles. The first-order valence-electron chi connectivity index (χ1n) is 14.1. The van der Waals surface area contributed by atoms with Gasteiger partial charge in [-0.2, -0.15) is 0 Å². The maximum atomic E-state index is 12.8. The van der Waals surface area contributed by atoms with Gasteiger partial charge in [0, 0.05) is 36.9 Å². The maximum absolute atomic E-state index is 12.8. The normalized spacial score (nSPS) is 18.8. The minimum absolute atomic E-state index is 0.0304. The van der Waals surface area contributed by atoms with Crippen LogP contribution in [0.5, 0.6) is 0 Å². The van der Waals surface area contributed by atoms with Crippen LogP contribution in [0, 0.1) is 0 Å². The van der Waals surface area contributed by atoms with E-state index in [1.165, 1.54) is 18.9 Å². The summed E-state index contributed by atoms with van der Waals surface area (Å²) in [4.78, 5) is 25.1. The molecule has 230 valence electrons. The molecule has 4 atom stereocenters. The highest BCUT2D eigenvalue weighted by atomic mass is 32.2. The van der Waals surface area contributed by atoms with E-state index in [-0.39, 0.29) is 18.8 Å². The summed E-state index contributed by atoms with van der Waals surface area (Å²) >= 11 is 1.50. The van der Waals surface area contributed by atoms with Crippen molar-refractivity contribution in [2.24, 2.45) is 7.05 Å². The first-order valence-corrected chi connectivity index (χ1v) is 15.1. The second-order valence-electron chi connectivity index (χ2n) is 10.2. The molecule has 5 rings (SSSR count). The number of esters is 1. The lowest BCUT2D eigenvalue weighted by Crippen LogP contribution is -2.45. The number of nitrogens with one attached hydrogen (secondary N) is 2. The molecule has 13 heteroatoms. The van der Waals surface area contributed by atoms with Crippen LogP contribution >= 0.6 is 11.8 Å². The number of hydrogen-bond acceptors (Lipinski definition) is 10. The van der Waals surface area contributed by atoms with Gasteiger partial charge >= 0.3 is 12.0 Å². The topological polar surface area (TPSA) is 150 Å². The van der Waals surface area contributed by atoms with Crippen LogP contribution < -0.4 is 10.6 Å². The molecule has 3 aromatic carbocycles. The maximum Gasteiger partial charge on any atom is 0.328 e. The summed E-state index contributed by atoms with van der Waals surface area (Å²) in [7, 11) is 3.08. The van der Waals surface area contributed by atoms with E-state index in [2.05, 4.69) is 26.2 Å². The van der Waals surface area contributed by atoms with Gasteiger partial charge in [0.25, 0.3) is 0 Å². The van der Waals surface area contributed by atoms with Gasteiger partial charge in [-0.15, -0.1) is 5.10 Å². The summed E-state index contributed by atoms with van der Waals surface area (Å²) < 4.78 is 19.3. The summed E-state index contributed by atoms with van der Waals surface area (Å²) in [5.74, 6) is 0.0818. The number of carbonyl (C=O) groups is 2. The molecule has 0 saturated carbocycles. The molecule has 1 aliphatic rings. The average molecular weight is 619 g/mol. The van der Waals surface area contributed by atoms with E-state index >= 15 is 0 Å². The van der Waals surface area contributed by atoms with Crippen molar-refractivity contribution in [2.45, 2.75) is 49.1 Å². The van der Waals surface area contributed by atoms with Crippen molar-refractivity contribution in [1.82, 2.24) is 25.5 Å². The standard InChI is InChI=1S/C31H34N6O6S/c1-37-31(34-35-36-37)44-19-25-17-27(22-10-8-21(18-38)9-11-22)43-29(42-25)23-12-14-24(15-13-23)32-30(40)33-26(28(39)41-2)16-20-6-4-3-5-7-20/h3-15,25-27,29,38H,16-19H2,1-2H3,(H2,32,33,40). The van der Waals surface area contributed by atoms with E-state index in [4.69, 9.17) is 14.2 Å². The SMILES string of the molecule is COC(=O)C(Cc1ccccc1)NC(=O)Nc1ccc(C2OC(CSc3nnnn3C)CC(c3ccc(CO)cc3)O2)cc1. The molecule has 1 saturated heterocycles. The monoisotopic (exact) mass is 618 g/mol. The Morgan fingerprint density at radius 1 is 1.02 bits per heavy atom. The molecule has 0 spiro atoms. The summed E-state index contributed by atoms with van der Waals surface area (Å²) in [5.41, 5.74) is 4.01. The van der Waals surface area contributed by atoms with E-state index in [0.29, 0.717) is 29.4 Å². The van der Waals surface area contributed by atoms with E-state index in [0.717, 1.165) is 22.3 Å². The molecule has 0 aliphatic carbocycles. The summed E-state index contributed by atoms with van der Waals surface area (Å²) in [6.07, 6.45) is -0.147. The lowest BCUT2D eigenvalue weighted by atomic mass is 10.0. The molecule has 4 unspecified atom stereocenters. The number of aliphatic hydroxyl groups is 1. The Labute approximate surface area is 259 Å². The first-order chi connectivity index (χ1) is 21.4. The molecule has 2 amide bonds. The number of aliphatic hydroxyl groups excluding tert-OH is 1. The molecule has 0 radical (unpaired) electrons. The number of nitrogens with zero attached hydrogens (tertiary/aromatic N) is 4. The minimum Gasteiger partial charge on any atom is -0.467 e. The van der Waals surface area contributed by atoms with Gasteiger partial charge in [-0.05, 0) is 39.2 Å². The largest absolute Gasteiger partial charge is 0.467 e. The van der Waals surface area contributed by atoms with Crippen molar-refractivity contribution in [3.8, 4) is 0 Å². The second-order valence-corrected chi connectivity index (χ2v) is 11.2. The van der Waals surface area contributed by atoms with Crippen molar-refractivity contribution in [2.75, 3.05) is 18.2 Å². The number of thioether (sulfide) groups is 1. The predicted molar refractivity (Wildman–Crippen MR) is 162 cm³/mol.